The van der Waals surface area contributed by atoms with Crippen molar-refractivity contribution in [1.29, 1.82) is 0 Å². The lowest BCUT2D eigenvalue weighted by Gasteiger charge is -2.37. The van der Waals surface area contributed by atoms with Crippen molar-refractivity contribution in [2.24, 2.45) is 11.1 Å². The molecule has 0 aliphatic heterocycles. The van der Waals surface area contributed by atoms with Crippen molar-refractivity contribution >= 4 is 11.6 Å². The van der Waals surface area contributed by atoms with E-state index in [0.29, 0.717) is 0 Å². The van der Waals surface area contributed by atoms with Crippen LogP contribution < -0.4 is 11.1 Å². The van der Waals surface area contributed by atoms with E-state index in [1.165, 1.54) is 18.2 Å². The van der Waals surface area contributed by atoms with Crippen LogP contribution >= 0.6 is 0 Å². The summed E-state index contributed by atoms with van der Waals surface area (Å²) in [6.45, 7) is 6.50. The number of anilines is 1. The van der Waals surface area contributed by atoms with Gasteiger partial charge in [-0.05, 0) is 39.8 Å². The summed E-state index contributed by atoms with van der Waals surface area (Å²) in [6, 6.07) is 4.86. The van der Waals surface area contributed by atoms with Gasteiger partial charge >= 0.3 is 6.18 Å². The number of nitrogens with two attached hydrogens (primary N) is 1. The zero-order chi connectivity index (χ0) is 15.8. The van der Waals surface area contributed by atoms with Gasteiger partial charge in [0.25, 0.3) is 0 Å². The lowest BCUT2D eigenvalue weighted by molar-refractivity contribution is -0.137. The molecule has 3 nitrogen and oxygen atoms in total. The standard InChI is InChI=1S/C14H19F3N2O/c1-12(2,13(3,4)18)11(20)19-10-8-6-5-7-9(10)14(15,16)17/h5-8H,18H2,1-4H3,(H,19,20). The topological polar surface area (TPSA) is 55.1 Å². The third kappa shape index (κ3) is 3.30. The number of carbonyl (C=O) groups is 1. The highest BCUT2D eigenvalue weighted by molar-refractivity contribution is 5.96. The predicted octanol–water partition coefficient (Wildman–Crippen LogP) is 3.41. The van der Waals surface area contributed by atoms with E-state index in [2.05, 4.69) is 5.32 Å². The fourth-order valence-corrected chi connectivity index (χ4v) is 1.41. The molecular weight excluding hydrogens is 269 g/mol. The fourth-order valence-electron chi connectivity index (χ4n) is 1.41. The highest BCUT2D eigenvalue weighted by Crippen LogP contribution is 2.36. The smallest absolute Gasteiger partial charge is 0.325 e. The van der Waals surface area contributed by atoms with Gasteiger partial charge in [-0.3, -0.25) is 4.79 Å². The molecule has 0 saturated carbocycles. The van der Waals surface area contributed by atoms with Gasteiger partial charge in [0.05, 0.1) is 16.7 Å². The van der Waals surface area contributed by atoms with Crippen LogP contribution in [-0.4, -0.2) is 11.4 Å². The first kappa shape index (κ1) is 16.5. The third-order valence-corrected chi connectivity index (χ3v) is 3.66. The van der Waals surface area contributed by atoms with E-state index in [9.17, 15) is 18.0 Å². The Hall–Kier alpha value is -1.56. The molecule has 0 radical (unpaired) electrons. The van der Waals surface area contributed by atoms with Gasteiger partial charge in [-0.1, -0.05) is 12.1 Å². The number of benzene rings is 1. The van der Waals surface area contributed by atoms with Gasteiger partial charge < -0.3 is 11.1 Å². The average Bonchev–Trinajstić information content (AvgIpc) is 2.26. The largest absolute Gasteiger partial charge is 0.418 e. The summed E-state index contributed by atoms with van der Waals surface area (Å²) in [6.07, 6.45) is -4.52. The van der Waals surface area contributed by atoms with Crippen molar-refractivity contribution in [3.63, 3.8) is 0 Å². The molecule has 20 heavy (non-hydrogen) atoms. The van der Waals surface area contributed by atoms with Crippen molar-refractivity contribution in [2.45, 2.75) is 39.4 Å². The SMILES string of the molecule is CC(C)(N)C(C)(C)C(=O)Nc1ccccc1C(F)(F)F. The Bertz CT molecular complexity index is 502. The van der Waals surface area contributed by atoms with Gasteiger partial charge in [-0.2, -0.15) is 13.2 Å². The third-order valence-electron chi connectivity index (χ3n) is 3.66. The van der Waals surface area contributed by atoms with Crippen molar-refractivity contribution in [2.75, 3.05) is 5.32 Å². The number of amides is 1. The van der Waals surface area contributed by atoms with Crippen LogP contribution in [0.1, 0.15) is 33.3 Å². The van der Waals surface area contributed by atoms with E-state index in [1.807, 2.05) is 0 Å². The molecule has 0 aromatic heterocycles. The molecule has 112 valence electrons. The van der Waals surface area contributed by atoms with E-state index >= 15 is 0 Å². The van der Waals surface area contributed by atoms with Crippen LogP contribution in [0.15, 0.2) is 24.3 Å². The molecule has 0 spiro atoms. The summed E-state index contributed by atoms with van der Waals surface area (Å²) in [5, 5.41) is 2.32. The second-order valence-corrected chi connectivity index (χ2v) is 5.84. The number of nitrogens with one attached hydrogen (secondary N) is 1. The number of hydrogen-bond donors (Lipinski definition) is 2. The van der Waals surface area contributed by atoms with E-state index in [4.69, 9.17) is 5.73 Å². The number of halogens is 3. The predicted molar refractivity (Wildman–Crippen MR) is 72.1 cm³/mol. The molecule has 0 unspecified atom stereocenters. The van der Waals surface area contributed by atoms with Gasteiger partial charge in [0.2, 0.25) is 5.91 Å². The molecule has 0 heterocycles. The molecule has 3 N–H and O–H groups in total. The average molecular weight is 288 g/mol. The second-order valence-electron chi connectivity index (χ2n) is 5.84. The molecule has 0 aliphatic rings. The molecule has 1 amide bonds. The molecule has 1 aromatic carbocycles. The summed E-state index contributed by atoms with van der Waals surface area (Å²) in [4.78, 5) is 12.2. The maximum absolute atomic E-state index is 12.9. The highest BCUT2D eigenvalue weighted by atomic mass is 19.4. The number of alkyl halides is 3. The zero-order valence-corrected chi connectivity index (χ0v) is 11.9. The highest BCUT2D eigenvalue weighted by Gasteiger charge is 2.41. The van der Waals surface area contributed by atoms with Gasteiger partial charge in [0.15, 0.2) is 0 Å². The molecule has 0 atom stereocenters. The Morgan fingerprint density at radius 1 is 1.10 bits per heavy atom. The Morgan fingerprint density at radius 3 is 2.05 bits per heavy atom. The van der Waals surface area contributed by atoms with E-state index in [1.54, 1.807) is 27.7 Å². The maximum Gasteiger partial charge on any atom is 0.418 e. The van der Waals surface area contributed by atoms with Gasteiger partial charge in [-0.25, -0.2) is 0 Å². The summed E-state index contributed by atoms with van der Waals surface area (Å²) in [5.41, 5.74) is 2.88. The summed E-state index contributed by atoms with van der Waals surface area (Å²) < 4.78 is 38.6. The molecule has 0 bridgehead atoms. The molecule has 0 saturated heterocycles. The van der Waals surface area contributed by atoms with Crippen LogP contribution in [0.4, 0.5) is 18.9 Å². The lowest BCUT2D eigenvalue weighted by atomic mass is 9.74. The van der Waals surface area contributed by atoms with Crippen LogP contribution in [0.2, 0.25) is 0 Å². The Kier molecular flexibility index (Phi) is 4.20. The monoisotopic (exact) mass is 288 g/mol. The molecule has 6 heteroatoms. The number of rotatable bonds is 3. The summed E-state index contributed by atoms with van der Waals surface area (Å²) in [5.74, 6) is -0.554. The van der Waals surface area contributed by atoms with Crippen LogP contribution in [-0.2, 0) is 11.0 Å². The minimum atomic E-state index is -4.52. The van der Waals surface area contributed by atoms with Gasteiger partial charge in [0.1, 0.15) is 0 Å². The Labute approximate surface area is 116 Å². The molecule has 0 fully saturated rings. The van der Waals surface area contributed by atoms with E-state index in [0.717, 1.165) is 6.07 Å². The van der Waals surface area contributed by atoms with Crippen molar-refractivity contribution < 1.29 is 18.0 Å². The first-order chi connectivity index (χ1) is 8.87. The molecule has 0 aliphatic carbocycles. The molecular formula is C14H19F3N2O. The van der Waals surface area contributed by atoms with Crippen LogP contribution in [0.25, 0.3) is 0 Å². The Morgan fingerprint density at radius 2 is 1.60 bits per heavy atom. The van der Waals surface area contributed by atoms with Crippen molar-refractivity contribution in [3.05, 3.63) is 29.8 Å². The van der Waals surface area contributed by atoms with E-state index in [-0.39, 0.29) is 5.69 Å². The van der Waals surface area contributed by atoms with Crippen LogP contribution in [0.3, 0.4) is 0 Å². The zero-order valence-electron chi connectivity index (χ0n) is 11.9. The minimum Gasteiger partial charge on any atom is -0.325 e. The van der Waals surface area contributed by atoms with E-state index < -0.39 is 28.6 Å². The normalized spacial score (nSPS) is 13.2. The van der Waals surface area contributed by atoms with Crippen LogP contribution in [0.5, 0.6) is 0 Å². The summed E-state index contributed by atoms with van der Waals surface area (Å²) in [7, 11) is 0. The fraction of sp³-hybridized carbons (Fsp3) is 0.500. The number of carbonyl (C=O) groups excluding carboxylic acids is 1. The first-order valence-electron chi connectivity index (χ1n) is 6.14. The lowest BCUT2D eigenvalue weighted by Crippen LogP contribution is -2.53. The molecule has 1 rings (SSSR count). The van der Waals surface area contributed by atoms with Crippen molar-refractivity contribution in [3.8, 4) is 0 Å². The number of para-hydroxylation sites is 1. The summed E-state index contributed by atoms with van der Waals surface area (Å²) >= 11 is 0. The minimum absolute atomic E-state index is 0.262. The second kappa shape index (κ2) is 5.09. The number of hydrogen-bond acceptors (Lipinski definition) is 2. The first-order valence-corrected chi connectivity index (χ1v) is 6.14. The van der Waals surface area contributed by atoms with Gasteiger partial charge in [0, 0.05) is 5.54 Å². The Balaban J connectivity index is 3.10. The molecule has 1 aromatic rings. The van der Waals surface area contributed by atoms with Gasteiger partial charge in [-0.15, -0.1) is 0 Å². The van der Waals surface area contributed by atoms with Crippen molar-refractivity contribution in [1.82, 2.24) is 0 Å². The van der Waals surface area contributed by atoms with Crippen LogP contribution in [0, 0.1) is 5.41 Å². The maximum atomic E-state index is 12.9. The quantitative estimate of drug-likeness (QED) is 0.895.